The van der Waals surface area contributed by atoms with Gasteiger partial charge in [-0.2, -0.15) is 0 Å². The molecule has 2 atom stereocenters. The molecule has 0 aliphatic rings. The molecule has 0 aromatic heterocycles. The van der Waals surface area contributed by atoms with Crippen molar-refractivity contribution in [3.8, 4) is 0 Å². The second kappa shape index (κ2) is 8.89. The van der Waals surface area contributed by atoms with Gasteiger partial charge in [0.25, 0.3) is 0 Å². The Bertz CT molecular complexity index is 635. The van der Waals surface area contributed by atoms with Crippen molar-refractivity contribution in [2.45, 2.75) is 39.3 Å². The summed E-state index contributed by atoms with van der Waals surface area (Å²) in [6.07, 6.45) is 0.127. The molecule has 4 N–H and O–H groups in total. The maximum atomic E-state index is 12.4. The summed E-state index contributed by atoms with van der Waals surface area (Å²) in [6, 6.07) is 3.14. The highest BCUT2D eigenvalue weighted by Crippen LogP contribution is 2.22. The molecule has 132 valence electrons. The van der Waals surface area contributed by atoms with Crippen LogP contribution in [0.2, 0.25) is 10.0 Å². The summed E-state index contributed by atoms with van der Waals surface area (Å²) in [5.74, 6) is -1.66. The number of primary amides is 1. The molecule has 1 rings (SSSR count). The summed E-state index contributed by atoms with van der Waals surface area (Å²) >= 11 is 11.9. The summed E-state index contributed by atoms with van der Waals surface area (Å²) in [6.45, 7) is 4.90. The number of hydrogen-bond acceptors (Lipinski definition) is 3. The summed E-state index contributed by atoms with van der Waals surface area (Å²) in [7, 11) is 0. The zero-order chi connectivity index (χ0) is 18.4. The van der Waals surface area contributed by atoms with E-state index in [0.29, 0.717) is 15.6 Å². The fourth-order valence-electron chi connectivity index (χ4n) is 2.15. The van der Waals surface area contributed by atoms with Gasteiger partial charge in [0.1, 0.15) is 12.1 Å². The zero-order valence-electron chi connectivity index (χ0n) is 13.7. The lowest BCUT2D eigenvalue weighted by Crippen LogP contribution is -2.55. The van der Waals surface area contributed by atoms with Gasteiger partial charge in [-0.05, 0) is 23.6 Å². The Labute approximate surface area is 151 Å². The van der Waals surface area contributed by atoms with Crippen LogP contribution in [0.4, 0.5) is 0 Å². The second-order valence-electron chi connectivity index (χ2n) is 5.83. The van der Waals surface area contributed by atoms with Gasteiger partial charge >= 0.3 is 0 Å². The first-order chi connectivity index (χ1) is 11.1. The van der Waals surface area contributed by atoms with Gasteiger partial charge in [-0.1, -0.05) is 43.1 Å². The van der Waals surface area contributed by atoms with Crippen molar-refractivity contribution in [2.75, 3.05) is 0 Å². The number of rotatable bonds is 7. The molecule has 0 saturated carbocycles. The van der Waals surface area contributed by atoms with Crippen LogP contribution in [0, 0.1) is 5.92 Å². The number of carbonyl (C=O) groups is 3. The Morgan fingerprint density at radius 2 is 1.79 bits per heavy atom. The van der Waals surface area contributed by atoms with E-state index < -0.39 is 23.9 Å². The third-order valence-electron chi connectivity index (χ3n) is 3.41. The van der Waals surface area contributed by atoms with Crippen LogP contribution in [0.5, 0.6) is 0 Å². The highest BCUT2D eigenvalue weighted by molar-refractivity contribution is 6.35. The SMILES string of the molecule is CC(=O)N[C@@H](C(=O)N[C@H](Cc1ccc(Cl)cc1Cl)C(N)=O)C(C)C. The van der Waals surface area contributed by atoms with Gasteiger partial charge in [0.05, 0.1) is 0 Å². The van der Waals surface area contributed by atoms with Crippen LogP contribution in [0.1, 0.15) is 26.3 Å². The Balaban J connectivity index is 2.90. The molecular weight excluding hydrogens is 353 g/mol. The molecule has 0 unspecified atom stereocenters. The predicted molar refractivity (Wildman–Crippen MR) is 93.7 cm³/mol. The van der Waals surface area contributed by atoms with Crippen LogP contribution in [0.15, 0.2) is 18.2 Å². The van der Waals surface area contributed by atoms with Crippen molar-refractivity contribution in [1.29, 1.82) is 0 Å². The minimum atomic E-state index is -0.953. The molecular formula is C16H21Cl2N3O3. The number of amides is 3. The van der Waals surface area contributed by atoms with Crippen LogP contribution in [0.25, 0.3) is 0 Å². The van der Waals surface area contributed by atoms with E-state index in [2.05, 4.69) is 10.6 Å². The highest BCUT2D eigenvalue weighted by Gasteiger charge is 2.27. The number of nitrogens with two attached hydrogens (primary N) is 1. The summed E-state index contributed by atoms with van der Waals surface area (Å²) in [4.78, 5) is 35.3. The average molecular weight is 374 g/mol. The molecule has 0 radical (unpaired) electrons. The second-order valence-corrected chi connectivity index (χ2v) is 6.67. The summed E-state index contributed by atoms with van der Waals surface area (Å²) < 4.78 is 0. The van der Waals surface area contributed by atoms with E-state index >= 15 is 0 Å². The summed E-state index contributed by atoms with van der Waals surface area (Å²) in [5, 5.41) is 5.98. The molecule has 3 amide bonds. The van der Waals surface area contributed by atoms with Crippen LogP contribution in [-0.4, -0.2) is 29.8 Å². The van der Waals surface area contributed by atoms with E-state index in [-0.39, 0.29) is 18.2 Å². The van der Waals surface area contributed by atoms with Gasteiger partial charge in [0.2, 0.25) is 17.7 Å². The van der Waals surface area contributed by atoms with Crippen molar-refractivity contribution >= 4 is 40.9 Å². The van der Waals surface area contributed by atoms with Crippen LogP contribution < -0.4 is 16.4 Å². The largest absolute Gasteiger partial charge is 0.368 e. The van der Waals surface area contributed by atoms with Gasteiger partial charge < -0.3 is 16.4 Å². The number of benzene rings is 1. The van der Waals surface area contributed by atoms with Crippen molar-refractivity contribution in [2.24, 2.45) is 11.7 Å². The normalized spacial score (nSPS) is 13.2. The lowest BCUT2D eigenvalue weighted by atomic mass is 10.0. The molecule has 0 aliphatic carbocycles. The van der Waals surface area contributed by atoms with E-state index in [1.54, 1.807) is 32.0 Å². The Morgan fingerprint density at radius 1 is 1.17 bits per heavy atom. The van der Waals surface area contributed by atoms with Crippen molar-refractivity contribution < 1.29 is 14.4 Å². The van der Waals surface area contributed by atoms with E-state index in [0.717, 1.165) is 0 Å². The van der Waals surface area contributed by atoms with Gasteiger partial charge in [0, 0.05) is 23.4 Å². The smallest absolute Gasteiger partial charge is 0.243 e. The highest BCUT2D eigenvalue weighted by atomic mass is 35.5. The predicted octanol–water partition coefficient (Wildman–Crippen LogP) is 1.67. The van der Waals surface area contributed by atoms with E-state index in [9.17, 15) is 14.4 Å². The molecule has 0 heterocycles. The number of carbonyl (C=O) groups excluding carboxylic acids is 3. The van der Waals surface area contributed by atoms with Crippen LogP contribution in [-0.2, 0) is 20.8 Å². The Morgan fingerprint density at radius 3 is 2.25 bits per heavy atom. The number of nitrogens with one attached hydrogen (secondary N) is 2. The lowest BCUT2D eigenvalue weighted by Gasteiger charge is -2.24. The average Bonchev–Trinajstić information content (AvgIpc) is 2.45. The molecule has 1 aromatic rings. The molecule has 6 nitrogen and oxygen atoms in total. The molecule has 0 bridgehead atoms. The molecule has 0 spiro atoms. The van der Waals surface area contributed by atoms with Crippen LogP contribution >= 0.6 is 23.2 Å². The standard InChI is InChI=1S/C16H21Cl2N3O3/c1-8(2)14(20-9(3)22)16(24)21-13(15(19)23)6-10-4-5-11(17)7-12(10)18/h4-5,7-8,13-14H,6H2,1-3H3,(H2,19,23)(H,20,22)(H,21,24)/t13-,14-/m1/s1. The van der Waals surface area contributed by atoms with Crippen molar-refractivity contribution in [1.82, 2.24) is 10.6 Å². The van der Waals surface area contributed by atoms with E-state index in [1.165, 1.54) is 6.92 Å². The first-order valence-electron chi connectivity index (χ1n) is 7.42. The zero-order valence-corrected chi connectivity index (χ0v) is 15.2. The monoisotopic (exact) mass is 373 g/mol. The minimum absolute atomic E-state index is 0.127. The Hall–Kier alpha value is -1.79. The molecule has 0 saturated heterocycles. The van der Waals surface area contributed by atoms with E-state index in [4.69, 9.17) is 28.9 Å². The first-order valence-corrected chi connectivity index (χ1v) is 8.18. The van der Waals surface area contributed by atoms with Crippen LogP contribution in [0.3, 0.4) is 0 Å². The summed E-state index contributed by atoms with van der Waals surface area (Å²) in [5.41, 5.74) is 6.01. The molecule has 8 heteroatoms. The molecule has 0 fully saturated rings. The Kier molecular flexibility index (Phi) is 7.51. The third-order valence-corrected chi connectivity index (χ3v) is 3.99. The third kappa shape index (κ3) is 6.02. The van der Waals surface area contributed by atoms with Gasteiger partial charge in [-0.3, -0.25) is 14.4 Å². The fourth-order valence-corrected chi connectivity index (χ4v) is 2.63. The van der Waals surface area contributed by atoms with E-state index in [1.807, 2.05) is 0 Å². The van der Waals surface area contributed by atoms with Crippen molar-refractivity contribution in [3.05, 3.63) is 33.8 Å². The van der Waals surface area contributed by atoms with Crippen molar-refractivity contribution in [3.63, 3.8) is 0 Å². The first kappa shape index (κ1) is 20.3. The number of halogens is 2. The van der Waals surface area contributed by atoms with Gasteiger partial charge in [-0.25, -0.2) is 0 Å². The molecule has 0 aliphatic heterocycles. The minimum Gasteiger partial charge on any atom is -0.368 e. The quantitative estimate of drug-likeness (QED) is 0.677. The molecule has 24 heavy (non-hydrogen) atoms. The molecule has 1 aromatic carbocycles. The van der Waals surface area contributed by atoms with Gasteiger partial charge in [0.15, 0.2) is 0 Å². The maximum absolute atomic E-state index is 12.4. The maximum Gasteiger partial charge on any atom is 0.243 e. The topological polar surface area (TPSA) is 101 Å². The fraction of sp³-hybridized carbons (Fsp3) is 0.438. The number of hydrogen-bond donors (Lipinski definition) is 3. The van der Waals surface area contributed by atoms with Gasteiger partial charge in [-0.15, -0.1) is 0 Å². The lowest BCUT2D eigenvalue weighted by molar-refractivity contribution is -0.131.